The summed E-state index contributed by atoms with van der Waals surface area (Å²) in [5.74, 6) is -0.486. The fourth-order valence-corrected chi connectivity index (χ4v) is 4.33. The monoisotopic (exact) mass is 504 g/mol. The Morgan fingerprint density at radius 1 is 1.26 bits per heavy atom. The highest BCUT2D eigenvalue weighted by atomic mass is 35.5. The first-order valence-electron chi connectivity index (χ1n) is 10.6. The van der Waals surface area contributed by atoms with Crippen LogP contribution in [0.2, 0.25) is 10.0 Å². The number of nitrogens with zero attached hydrogens (tertiary/aromatic N) is 3. The first kappa shape index (κ1) is 24.0. The fraction of sp³-hybridized carbons (Fsp3) is 0.261. The van der Waals surface area contributed by atoms with Gasteiger partial charge in [0.2, 0.25) is 0 Å². The number of carbonyl (C=O) groups excluding carboxylic acids is 1. The number of halogens is 3. The van der Waals surface area contributed by atoms with E-state index in [9.17, 15) is 9.18 Å². The number of aromatic nitrogens is 2. The van der Waals surface area contributed by atoms with Crippen molar-refractivity contribution in [2.75, 3.05) is 24.1 Å². The van der Waals surface area contributed by atoms with Gasteiger partial charge in [0, 0.05) is 41.0 Å². The molecule has 2 atom stereocenters. The van der Waals surface area contributed by atoms with Gasteiger partial charge in [0.25, 0.3) is 5.88 Å². The van der Waals surface area contributed by atoms with Crippen molar-refractivity contribution in [2.45, 2.75) is 25.5 Å². The lowest BCUT2D eigenvalue weighted by molar-refractivity contribution is 0.218. The third kappa shape index (κ3) is 5.16. The van der Waals surface area contributed by atoms with Gasteiger partial charge in [-0.15, -0.1) is 0 Å². The quantitative estimate of drug-likeness (QED) is 0.426. The average Bonchev–Trinajstić information content (AvgIpc) is 3.25. The van der Waals surface area contributed by atoms with E-state index in [1.165, 1.54) is 18.3 Å². The molecule has 2 aromatic carbocycles. The second kappa shape index (κ2) is 10.0. The van der Waals surface area contributed by atoms with E-state index in [1.54, 1.807) is 36.1 Å². The zero-order chi connectivity index (χ0) is 24.4. The van der Waals surface area contributed by atoms with E-state index in [-0.39, 0.29) is 39.4 Å². The number of amides is 2. The van der Waals surface area contributed by atoms with Gasteiger partial charge in [-0.3, -0.25) is 0 Å². The maximum absolute atomic E-state index is 13.9. The molecule has 11 heteroatoms. The Labute approximate surface area is 206 Å². The molecule has 0 spiro atoms. The molecule has 3 aromatic rings. The molecular formula is C23H23Cl2FN6O2. The number of benzene rings is 2. The van der Waals surface area contributed by atoms with Crippen LogP contribution in [0.15, 0.2) is 42.6 Å². The van der Waals surface area contributed by atoms with E-state index >= 15 is 0 Å². The van der Waals surface area contributed by atoms with Gasteiger partial charge in [0.05, 0.1) is 16.9 Å². The Balaban J connectivity index is 1.50. The summed E-state index contributed by atoms with van der Waals surface area (Å²) in [6.45, 7) is 2.84. The first-order chi connectivity index (χ1) is 16.2. The normalized spacial score (nSPS) is 16.4. The molecule has 1 aliphatic rings. The molecule has 1 aromatic heterocycles. The van der Waals surface area contributed by atoms with Crippen LogP contribution >= 0.6 is 23.2 Å². The van der Waals surface area contributed by atoms with Crippen LogP contribution in [0.3, 0.4) is 0 Å². The summed E-state index contributed by atoms with van der Waals surface area (Å²) in [7, 11) is 0. The van der Waals surface area contributed by atoms with E-state index in [0.717, 1.165) is 12.0 Å². The minimum atomic E-state index is -0.737. The fourth-order valence-electron chi connectivity index (χ4n) is 3.65. The van der Waals surface area contributed by atoms with E-state index in [4.69, 9.17) is 39.4 Å². The minimum Gasteiger partial charge on any atom is -0.467 e. The van der Waals surface area contributed by atoms with Crippen LogP contribution in [-0.2, 0) is 0 Å². The summed E-state index contributed by atoms with van der Waals surface area (Å²) >= 11 is 12.3. The first-order valence-corrected chi connectivity index (χ1v) is 11.3. The maximum atomic E-state index is 13.9. The summed E-state index contributed by atoms with van der Waals surface area (Å²) in [4.78, 5) is 22.6. The second-order valence-electron chi connectivity index (χ2n) is 7.96. The highest BCUT2D eigenvalue weighted by Gasteiger charge is 2.24. The summed E-state index contributed by atoms with van der Waals surface area (Å²) in [6, 6.07) is 9.52. The largest absolute Gasteiger partial charge is 0.467 e. The van der Waals surface area contributed by atoms with E-state index in [2.05, 4.69) is 15.3 Å². The summed E-state index contributed by atoms with van der Waals surface area (Å²) in [5, 5.41) is 2.99. The number of hydrogen-bond donors (Lipinski definition) is 3. The number of urea groups is 1. The highest BCUT2D eigenvalue weighted by Crippen LogP contribution is 2.35. The maximum Gasteiger partial charge on any atom is 0.321 e. The number of nitrogens with two attached hydrogens (primary N) is 2. The van der Waals surface area contributed by atoms with Crippen molar-refractivity contribution in [1.82, 2.24) is 14.9 Å². The lowest BCUT2D eigenvalue weighted by Gasteiger charge is -2.18. The molecule has 0 radical (unpaired) electrons. The van der Waals surface area contributed by atoms with Crippen LogP contribution in [0.1, 0.15) is 25.0 Å². The van der Waals surface area contributed by atoms with Crippen LogP contribution in [0, 0.1) is 5.82 Å². The molecule has 4 rings (SSSR count). The van der Waals surface area contributed by atoms with Crippen LogP contribution in [0.5, 0.6) is 5.88 Å². The number of anilines is 2. The van der Waals surface area contributed by atoms with E-state index in [1.807, 2.05) is 0 Å². The summed E-state index contributed by atoms with van der Waals surface area (Å²) in [6.07, 6.45) is 1.57. The second-order valence-corrected chi connectivity index (χ2v) is 8.75. The van der Waals surface area contributed by atoms with Crippen LogP contribution in [0.4, 0.5) is 20.7 Å². The van der Waals surface area contributed by atoms with Gasteiger partial charge in [-0.1, -0.05) is 35.3 Å². The van der Waals surface area contributed by atoms with Gasteiger partial charge in [-0.05, 0) is 37.6 Å². The number of likely N-dealkylation sites (tertiary alicyclic amines) is 1. The molecule has 8 nitrogen and oxygen atoms in total. The third-order valence-corrected chi connectivity index (χ3v) is 6.20. The van der Waals surface area contributed by atoms with Gasteiger partial charge < -0.3 is 26.4 Å². The number of hydrogen-bond acceptors (Lipinski definition) is 6. The number of ether oxygens (including phenoxy) is 1. The Kier molecular flexibility index (Phi) is 7.06. The zero-order valence-corrected chi connectivity index (χ0v) is 19.8. The van der Waals surface area contributed by atoms with Crippen molar-refractivity contribution in [2.24, 2.45) is 5.73 Å². The number of carbonyl (C=O) groups is 1. The molecule has 1 saturated heterocycles. The topological polar surface area (TPSA) is 119 Å². The zero-order valence-electron chi connectivity index (χ0n) is 18.3. The summed E-state index contributed by atoms with van der Waals surface area (Å²) in [5.41, 5.74) is 14.0. The SMILES string of the molecule is CC(Oc1nc(-c2ccc(NC(=O)N3CC[C@H](N)C3)cc2)cnc1N)c1c(Cl)ccc(F)c1Cl. The molecule has 34 heavy (non-hydrogen) atoms. The molecule has 5 N–H and O–H groups in total. The van der Waals surface area contributed by atoms with E-state index in [0.29, 0.717) is 24.5 Å². The lowest BCUT2D eigenvalue weighted by atomic mass is 10.1. The molecule has 1 aliphatic heterocycles. The predicted octanol–water partition coefficient (Wildman–Crippen LogP) is 4.88. The van der Waals surface area contributed by atoms with Crippen molar-refractivity contribution in [1.29, 1.82) is 0 Å². The van der Waals surface area contributed by atoms with E-state index < -0.39 is 11.9 Å². The van der Waals surface area contributed by atoms with Crippen molar-refractivity contribution in [3.63, 3.8) is 0 Å². The molecule has 178 valence electrons. The lowest BCUT2D eigenvalue weighted by Crippen LogP contribution is -2.35. The molecule has 2 heterocycles. The summed E-state index contributed by atoms with van der Waals surface area (Å²) < 4.78 is 19.8. The van der Waals surface area contributed by atoms with Crippen molar-refractivity contribution < 1.29 is 13.9 Å². The molecule has 0 saturated carbocycles. The Morgan fingerprint density at radius 3 is 2.68 bits per heavy atom. The molecule has 2 amide bonds. The predicted molar refractivity (Wildman–Crippen MR) is 131 cm³/mol. The van der Waals surface area contributed by atoms with Gasteiger partial charge in [-0.2, -0.15) is 0 Å². The Bertz CT molecular complexity index is 1210. The van der Waals surface area contributed by atoms with Gasteiger partial charge in [-0.25, -0.2) is 19.2 Å². The van der Waals surface area contributed by atoms with Crippen LogP contribution in [0.25, 0.3) is 11.3 Å². The number of rotatable bonds is 5. The van der Waals surface area contributed by atoms with Crippen molar-refractivity contribution in [3.8, 4) is 17.1 Å². The average molecular weight is 505 g/mol. The number of nitrogens with one attached hydrogen (secondary N) is 1. The van der Waals surface area contributed by atoms with Crippen molar-refractivity contribution >= 4 is 40.7 Å². The van der Waals surface area contributed by atoms with Crippen LogP contribution < -0.4 is 21.5 Å². The highest BCUT2D eigenvalue weighted by molar-refractivity contribution is 6.36. The molecular weight excluding hydrogens is 482 g/mol. The Morgan fingerprint density at radius 2 is 2.00 bits per heavy atom. The van der Waals surface area contributed by atoms with Gasteiger partial charge in [0.1, 0.15) is 11.9 Å². The molecule has 0 bridgehead atoms. The van der Waals surface area contributed by atoms with Gasteiger partial charge >= 0.3 is 6.03 Å². The minimum absolute atomic E-state index is 0.0179. The van der Waals surface area contributed by atoms with Crippen molar-refractivity contribution in [3.05, 3.63) is 64.0 Å². The molecule has 1 fully saturated rings. The van der Waals surface area contributed by atoms with Gasteiger partial charge in [0.15, 0.2) is 5.82 Å². The Hall–Kier alpha value is -3.14. The smallest absolute Gasteiger partial charge is 0.321 e. The van der Waals surface area contributed by atoms with Crippen LogP contribution in [-0.4, -0.2) is 40.0 Å². The standard InChI is InChI=1S/C23H23Cl2FN6O2/c1-12(19-16(24)6-7-17(26)20(19)25)34-22-21(28)29-10-18(31-22)13-2-4-15(5-3-13)30-23(33)32-9-8-14(27)11-32/h2-7,10,12,14H,8-9,11,27H2,1H3,(H2,28,29)(H,30,33)/t12?,14-/m0/s1. The molecule has 1 unspecified atom stereocenters. The third-order valence-electron chi connectivity index (χ3n) is 5.49. The molecule has 0 aliphatic carbocycles. The number of nitrogen functional groups attached to an aromatic ring is 1.